The summed E-state index contributed by atoms with van der Waals surface area (Å²) in [7, 11) is 0. The van der Waals surface area contributed by atoms with Gasteiger partial charge in [0.1, 0.15) is 0 Å². The van der Waals surface area contributed by atoms with Gasteiger partial charge >= 0.3 is 0 Å². The van der Waals surface area contributed by atoms with Crippen LogP contribution in [0.5, 0.6) is 0 Å². The summed E-state index contributed by atoms with van der Waals surface area (Å²) in [4.78, 5) is 0. The minimum Gasteiger partial charge on any atom is -0.0761 e. The third kappa shape index (κ3) is 1.74. The van der Waals surface area contributed by atoms with Crippen molar-refractivity contribution in [3.05, 3.63) is 32.7 Å². The zero-order valence-corrected chi connectivity index (χ0v) is 11.1. The maximum Gasteiger partial charge on any atom is -0.0192 e. The smallest absolute Gasteiger partial charge is 0.0192 e. The van der Waals surface area contributed by atoms with Crippen LogP contribution in [-0.2, 0) is 12.8 Å². The minimum absolute atomic E-state index is 1.23. The summed E-state index contributed by atoms with van der Waals surface area (Å²) in [6, 6.07) is 0. The van der Waals surface area contributed by atoms with Gasteiger partial charge in [0.15, 0.2) is 0 Å². The van der Waals surface area contributed by atoms with Crippen molar-refractivity contribution in [1.29, 1.82) is 0 Å². The summed E-state index contributed by atoms with van der Waals surface area (Å²) in [5.41, 5.74) is 6.53. The van der Waals surface area contributed by atoms with Crippen molar-refractivity contribution in [1.82, 2.24) is 0 Å². The number of hydrogen-bond donors (Lipinski definition) is 0. The molecule has 0 saturated heterocycles. The lowest BCUT2D eigenvalue weighted by Gasteiger charge is -2.17. The Balaban J connectivity index is 2.37. The lowest BCUT2D eigenvalue weighted by atomic mass is 9.88. The Kier molecular flexibility index (Phi) is 2.82. The van der Waals surface area contributed by atoms with E-state index in [4.69, 9.17) is 0 Å². The average Bonchev–Trinajstić information content (AvgIpc) is 2.62. The molecule has 0 spiro atoms. The molecule has 2 aliphatic rings. The SMILES string of the molecule is Cc1c2c(c(C)c3c1=CCCC=3)CCCCC2. The van der Waals surface area contributed by atoms with Crippen LogP contribution in [0.4, 0.5) is 0 Å². The van der Waals surface area contributed by atoms with Gasteiger partial charge in [0, 0.05) is 0 Å². The molecule has 0 heterocycles. The number of rotatable bonds is 0. The maximum atomic E-state index is 2.46. The van der Waals surface area contributed by atoms with E-state index in [1.807, 2.05) is 0 Å². The lowest BCUT2D eigenvalue weighted by Crippen LogP contribution is -2.34. The Morgan fingerprint density at radius 3 is 1.65 bits per heavy atom. The molecule has 0 saturated carbocycles. The molecular formula is C17H22. The highest BCUT2D eigenvalue weighted by Crippen LogP contribution is 2.23. The van der Waals surface area contributed by atoms with E-state index in [2.05, 4.69) is 26.0 Å². The first kappa shape index (κ1) is 11.1. The fourth-order valence-electron chi connectivity index (χ4n) is 3.62. The Labute approximate surface area is 104 Å². The van der Waals surface area contributed by atoms with Gasteiger partial charge < -0.3 is 0 Å². The van der Waals surface area contributed by atoms with Gasteiger partial charge in [-0.05, 0) is 85.1 Å². The van der Waals surface area contributed by atoms with Crippen LogP contribution in [0.2, 0.25) is 0 Å². The van der Waals surface area contributed by atoms with E-state index in [0.717, 1.165) is 0 Å². The van der Waals surface area contributed by atoms with Gasteiger partial charge in [-0.1, -0.05) is 18.6 Å². The zero-order chi connectivity index (χ0) is 11.8. The van der Waals surface area contributed by atoms with Crippen molar-refractivity contribution in [3.63, 3.8) is 0 Å². The molecule has 3 rings (SSSR count). The van der Waals surface area contributed by atoms with Crippen LogP contribution in [0.15, 0.2) is 0 Å². The van der Waals surface area contributed by atoms with Gasteiger partial charge in [0.25, 0.3) is 0 Å². The first-order chi connectivity index (χ1) is 8.29. The normalized spacial score (nSPS) is 18.5. The molecular weight excluding hydrogens is 204 g/mol. The second-order valence-electron chi connectivity index (χ2n) is 5.58. The standard InChI is InChI=1S/C17H22/c1-12-14-8-4-3-5-9-15(14)13(2)17-11-7-6-10-16(12)17/h10-11H,3-9H2,1-2H3. The molecule has 1 aromatic rings. The van der Waals surface area contributed by atoms with Crippen LogP contribution in [0, 0.1) is 13.8 Å². The van der Waals surface area contributed by atoms with Gasteiger partial charge in [-0.2, -0.15) is 0 Å². The summed E-state index contributed by atoms with van der Waals surface area (Å²) in [6.45, 7) is 4.69. The van der Waals surface area contributed by atoms with Crippen LogP contribution in [0.1, 0.15) is 54.4 Å². The van der Waals surface area contributed by atoms with E-state index in [-0.39, 0.29) is 0 Å². The highest BCUT2D eigenvalue weighted by atomic mass is 14.2. The molecule has 0 aromatic heterocycles. The second-order valence-corrected chi connectivity index (χ2v) is 5.58. The molecule has 90 valence electrons. The van der Waals surface area contributed by atoms with Crippen LogP contribution in [-0.4, -0.2) is 0 Å². The van der Waals surface area contributed by atoms with E-state index in [1.54, 1.807) is 32.7 Å². The molecule has 0 unspecified atom stereocenters. The molecule has 2 aliphatic carbocycles. The van der Waals surface area contributed by atoms with E-state index in [0.29, 0.717) is 0 Å². The van der Waals surface area contributed by atoms with Crippen molar-refractivity contribution >= 4 is 12.2 Å². The van der Waals surface area contributed by atoms with E-state index >= 15 is 0 Å². The first-order valence-electron chi connectivity index (χ1n) is 7.10. The van der Waals surface area contributed by atoms with E-state index < -0.39 is 0 Å². The lowest BCUT2D eigenvalue weighted by molar-refractivity contribution is 0.710. The minimum atomic E-state index is 1.23. The molecule has 0 amide bonds. The largest absolute Gasteiger partial charge is 0.0761 e. The summed E-state index contributed by atoms with van der Waals surface area (Å²) in [5.74, 6) is 0. The summed E-state index contributed by atoms with van der Waals surface area (Å²) >= 11 is 0. The van der Waals surface area contributed by atoms with Crippen molar-refractivity contribution in [2.24, 2.45) is 0 Å². The Bertz CT molecular complexity index is 510. The van der Waals surface area contributed by atoms with E-state index in [1.165, 1.54) is 44.9 Å². The van der Waals surface area contributed by atoms with Crippen LogP contribution in [0.3, 0.4) is 0 Å². The number of hydrogen-bond acceptors (Lipinski definition) is 0. The zero-order valence-electron chi connectivity index (χ0n) is 11.1. The highest BCUT2D eigenvalue weighted by molar-refractivity contribution is 5.51. The fraction of sp³-hybridized carbons (Fsp3) is 0.529. The molecule has 0 fully saturated rings. The topological polar surface area (TPSA) is 0 Å². The van der Waals surface area contributed by atoms with Crippen molar-refractivity contribution in [2.75, 3.05) is 0 Å². The van der Waals surface area contributed by atoms with E-state index in [9.17, 15) is 0 Å². The number of benzene rings is 1. The quantitative estimate of drug-likeness (QED) is 0.597. The Morgan fingerprint density at radius 1 is 0.706 bits per heavy atom. The molecule has 0 nitrogen and oxygen atoms in total. The van der Waals surface area contributed by atoms with Gasteiger partial charge in [0.05, 0.1) is 0 Å². The summed E-state index contributed by atoms with van der Waals surface area (Å²) in [6.07, 6.45) is 14.2. The predicted octanol–water partition coefficient (Wildman–Crippen LogP) is 2.93. The van der Waals surface area contributed by atoms with Crippen molar-refractivity contribution in [2.45, 2.75) is 58.8 Å². The van der Waals surface area contributed by atoms with Crippen LogP contribution >= 0.6 is 0 Å². The number of fused-ring (bicyclic) bond motifs is 2. The fourth-order valence-corrected chi connectivity index (χ4v) is 3.62. The molecule has 0 radical (unpaired) electrons. The molecule has 0 heteroatoms. The van der Waals surface area contributed by atoms with Gasteiger partial charge in [-0.15, -0.1) is 0 Å². The van der Waals surface area contributed by atoms with Crippen molar-refractivity contribution in [3.8, 4) is 0 Å². The highest BCUT2D eigenvalue weighted by Gasteiger charge is 2.15. The second kappa shape index (κ2) is 4.33. The summed E-state index contributed by atoms with van der Waals surface area (Å²) < 4.78 is 0. The van der Waals surface area contributed by atoms with Crippen LogP contribution < -0.4 is 10.4 Å². The predicted molar refractivity (Wildman–Crippen MR) is 74.6 cm³/mol. The average molecular weight is 226 g/mol. The van der Waals surface area contributed by atoms with Gasteiger partial charge in [-0.25, -0.2) is 0 Å². The van der Waals surface area contributed by atoms with Crippen LogP contribution in [0.25, 0.3) is 12.2 Å². The van der Waals surface area contributed by atoms with Gasteiger partial charge in [-0.3, -0.25) is 0 Å². The van der Waals surface area contributed by atoms with Crippen molar-refractivity contribution < 1.29 is 0 Å². The van der Waals surface area contributed by atoms with Gasteiger partial charge in [0.2, 0.25) is 0 Å². The Hall–Kier alpha value is -1.04. The first-order valence-corrected chi connectivity index (χ1v) is 7.10. The Morgan fingerprint density at radius 2 is 1.18 bits per heavy atom. The molecule has 1 aromatic carbocycles. The molecule has 17 heavy (non-hydrogen) atoms. The third-order valence-electron chi connectivity index (χ3n) is 4.58. The molecule has 0 bridgehead atoms. The summed E-state index contributed by atoms with van der Waals surface area (Å²) in [5, 5.41) is 3.10. The molecule has 0 N–H and O–H groups in total. The molecule has 0 atom stereocenters. The maximum absolute atomic E-state index is 2.46. The third-order valence-corrected chi connectivity index (χ3v) is 4.58. The monoisotopic (exact) mass is 226 g/mol. The molecule has 0 aliphatic heterocycles.